The molecule has 0 heterocycles. The Balaban J connectivity index is 2.74. The minimum atomic E-state index is -0.844. The fourth-order valence-corrected chi connectivity index (χ4v) is 2.49. The molecule has 0 aliphatic carbocycles. The number of nitrogens with one attached hydrogen (secondary N) is 4. The zero-order chi connectivity index (χ0) is 23.4. The summed E-state index contributed by atoms with van der Waals surface area (Å²) in [7, 11) is 1.47. The molecule has 1 aromatic rings. The number of carbonyl (C=O) groups is 4. The van der Waals surface area contributed by atoms with Gasteiger partial charge in [0.05, 0.1) is 6.04 Å². The summed E-state index contributed by atoms with van der Waals surface area (Å²) in [4.78, 5) is 47.0. The van der Waals surface area contributed by atoms with Crippen LogP contribution >= 0.6 is 0 Å². The number of nitrogens with two attached hydrogens (primary N) is 2. The molecule has 0 aliphatic heterocycles. The number of hydrogen-bond acceptors (Lipinski definition) is 6. The van der Waals surface area contributed by atoms with Gasteiger partial charge in [-0.15, -0.1) is 0 Å². The van der Waals surface area contributed by atoms with Crippen molar-refractivity contribution in [2.45, 2.75) is 45.4 Å². The molecule has 8 N–H and O–H groups in total. The van der Waals surface area contributed by atoms with Gasteiger partial charge in [-0.3, -0.25) is 9.59 Å². The van der Waals surface area contributed by atoms with Gasteiger partial charge in [-0.2, -0.15) is 0 Å². The molecule has 0 unspecified atom stereocenters. The number of amides is 5. The van der Waals surface area contributed by atoms with Gasteiger partial charge in [0.25, 0.3) is 0 Å². The second kappa shape index (κ2) is 13.1. The summed E-state index contributed by atoms with van der Waals surface area (Å²) in [6.07, 6.45) is 0.163. The lowest BCUT2D eigenvalue weighted by molar-refractivity contribution is -0.128. The molecule has 0 aromatic heterocycles. The second-order valence-corrected chi connectivity index (χ2v) is 7.28. The van der Waals surface area contributed by atoms with E-state index in [2.05, 4.69) is 21.3 Å². The van der Waals surface area contributed by atoms with E-state index >= 15 is 0 Å². The number of anilines is 1. The number of primary amides is 1. The molecule has 0 aliphatic rings. The lowest BCUT2D eigenvalue weighted by Crippen LogP contribution is -2.51. The first-order chi connectivity index (χ1) is 14.6. The summed E-state index contributed by atoms with van der Waals surface area (Å²) in [6.45, 7) is 3.98. The van der Waals surface area contributed by atoms with Crippen molar-refractivity contribution in [1.82, 2.24) is 16.0 Å². The van der Waals surface area contributed by atoms with E-state index in [1.165, 1.54) is 7.05 Å². The van der Waals surface area contributed by atoms with Crippen molar-refractivity contribution in [2.75, 3.05) is 18.9 Å². The summed E-state index contributed by atoms with van der Waals surface area (Å²) in [5, 5.41) is 10.2. The Labute approximate surface area is 181 Å². The van der Waals surface area contributed by atoms with Gasteiger partial charge < -0.3 is 37.5 Å². The lowest BCUT2D eigenvalue weighted by atomic mass is 10.0. The number of benzene rings is 1. The van der Waals surface area contributed by atoms with Crippen LogP contribution < -0.4 is 32.7 Å². The molecule has 0 saturated carbocycles. The van der Waals surface area contributed by atoms with E-state index in [1.807, 2.05) is 13.8 Å². The smallest absolute Gasteiger partial charge is 0.407 e. The second-order valence-electron chi connectivity index (χ2n) is 7.28. The van der Waals surface area contributed by atoms with Crippen molar-refractivity contribution in [3.8, 4) is 0 Å². The molecule has 1 aromatic carbocycles. The SMILES string of the molecule is CNC(=O)OCc1ccc(NC(=O)[C@H](CCCNC(N)=O)NC(=O)[C@@H](N)C(C)C)cc1. The maximum Gasteiger partial charge on any atom is 0.407 e. The number of carbonyl (C=O) groups excluding carboxylic acids is 4. The Morgan fingerprint density at radius 2 is 1.71 bits per heavy atom. The lowest BCUT2D eigenvalue weighted by Gasteiger charge is -2.22. The molecule has 31 heavy (non-hydrogen) atoms. The van der Waals surface area contributed by atoms with Gasteiger partial charge in [-0.1, -0.05) is 26.0 Å². The summed E-state index contributed by atoms with van der Waals surface area (Å²) in [6, 6.07) is 4.48. The molecule has 172 valence electrons. The molecular formula is C20H32N6O5. The van der Waals surface area contributed by atoms with Crippen molar-refractivity contribution in [3.05, 3.63) is 29.8 Å². The van der Waals surface area contributed by atoms with Crippen LogP contribution in [-0.2, 0) is 20.9 Å². The summed E-state index contributed by atoms with van der Waals surface area (Å²) in [5.74, 6) is -0.942. The van der Waals surface area contributed by atoms with Crippen molar-refractivity contribution < 1.29 is 23.9 Å². The van der Waals surface area contributed by atoms with Crippen LogP contribution in [0.15, 0.2) is 24.3 Å². The molecule has 11 heteroatoms. The normalized spacial score (nSPS) is 12.4. The molecule has 0 bridgehead atoms. The molecule has 0 fully saturated rings. The third kappa shape index (κ3) is 9.81. The van der Waals surface area contributed by atoms with E-state index in [4.69, 9.17) is 16.2 Å². The zero-order valence-electron chi connectivity index (χ0n) is 18.1. The van der Waals surface area contributed by atoms with E-state index in [-0.39, 0.29) is 25.5 Å². The zero-order valence-corrected chi connectivity index (χ0v) is 18.1. The Kier molecular flexibility index (Phi) is 10.8. The van der Waals surface area contributed by atoms with Crippen LogP contribution in [-0.4, -0.2) is 49.6 Å². The topological polar surface area (TPSA) is 178 Å². The quantitative estimate of drug-likeness (QED) is 0.273. The van der Waals surface area contributed by atoms with Crippen LogP contribution in [0, 0.1) is 5.92 Å². The average Bonchev–Trinajstić information content (AvgIpc) is 2.73. The van der Waals surface area contributed by atoms with E-state index < -0.39 is 36.0 Å². The van der Waals surface area contributed by atoms with Gasteiger partial charge in [0.2, 0.25) is 11.8 Å². The van der Waals surface area contributed by atoms with Gasteiger partial charge in [-0.05, 0) is 36.5 Å². The number of rotatable bonds is 11. The standard InChI is InChI=1S/C20H32N6O5/c1-12(2)16(21)18(28)26-15(5-4-10-24-19(22)29)17(27)25-14-8-6-13(7-9-14)11-31-20(30)23-3/h6-9,12,15-16H,4-5,10-11,21H2,1-3H3,(H,23,30)(H,25,27)(H,26,28)(H3,22,24,29)/t15-,16-/m0/s1. The van der Waals surface area contributed by atoms with Crippen molar-refractivity contribution >= 4 is 29.6 Å². The predicted octanol–water partition coefficient (Wildman–Crippen LogP) is 0.398. The highest BCUT2D eigenvalue weighted by molar-refractivity contribution is 5.97. The van der Waals surface area contributed by atoms with Gasteiger partial charge in [0.15, 0.2) is 0 Å². The van der Waals surface area contributed by atoms with Crippen molar-refractivity contribution in [3.63, 3.8) is 0 Å². The Bertz CT molecular complexity index is 753. The Morgan fingerprint density at radius 3 is 2.26 bits per heavy atom. The highest BCUT2D eigenvalue weighted by atomic mass is 16.5. The summed E-state index contributed by atoms with van der Waals surface area (Å²) < 4.78 is 4.96. The Hall–Kier alpha value is -3.34. The van der Waals surface area contributed by atoms with Crippen LogP contribution in [0.25, 0.3) is 0 Å². The number of hydrogen-bond donors (Lipinski definition) is 6. The molecule has 2 atom stereocenters. The van der Waals surface area contributed by atoms with E-state index in [0.29, 0.717) is 12.1 Å². The summed E-state index contributed by atoms with van der Waals surface area (Å²) in [5.41, 5.74) is 12.2. The van der Waals surface area contributed by atoms with Crippen LogP contribution in [0.4, 0.5) is 15.3 Å². The first-order valence-corrected chi connectivity index (χ1v) is 9.97. The van der Waals surface area contributed by atoms with E-state index in [0.717, 1.165) is 5.56 Å². The number of urea groups is 1. The Morgan fingerprint density at radius 1 is 1.06 bits per heavy atom. The fourth-order valence-electron chi connectivity index (χ4n) is 2.49. The number of ether oxygens (including phenoxy) is 1. The van der Waals surface area contributed by atoms with Crippen LogP contribution in [0.5, 0.6) is 0 Å². The molecule has 5 amide bonds. The largest absolute Gasteiger partial charge is 0.445 e. The maximum absolute atomic E-state index is 12.8. The maximum atomic E-state index is 12.8. The third-order valence-electron chi connectivity index (χ3n) is 4.42. The van der Waals surface area contributed by atoms with Crippen molar-refractivity contribution in [1.29, 1.82) is 0 Å². The van der Waals surface area contributed by atoms with Gasteiger partial charge >= 0.3 is 12.1 Å². The third-order valence-corrected chi connectivity index (χ3v) is 4.42. The minimum Gasteiger partial charge on any atom is -0.445 e. The van der Waals surface area contributed by atoms with Crippen LogP contribution in [0.1, 0.15) is 32.3 Å². The molecule has 11 nitrogen and oxygen atoms in total. The molecule has 0 saturated heterocycles. The molecule has 1 rings (SSSR count). The van der Waals surface area contributed by atoms with E-state index in [9.17, 15) is 19.2 Å². The highest BCUT2D eigenvalue weighted by Gasteiger charge is 2.25. The minimum absolute atomic E-state index is 0.0898. The highest BCUT2D eigenvalue weighted by Crippen LogP contribution is 2.12. The van der Waals surface area contributed by atoms with Crippen LogP contribution in [0.2, 0.25) is 0 Å². The first-order valence-electron chi connectivity index (χ1n) is 9.97. The average molecular weight is 437 g/mol. The predicted molar refractivity (Wildman–Crippen MR) is 116 cm³/mol. The van der Waals surface area contributed by atoms with Gasteiger partial charge in [-0.25, -0.2) is 9.59 Å². The van der Waals surface area contributed by atoms with E-state index in [1.54, 1.807) is 24.3 Å². The molecular weight excluding hydrogens is 404 g/mol. The molecule has 0 spiro atoms. The van der Waals surface area contributed by atoms with Gasteiger partial charge in [0, 0.05) is 19.3 Å². The van der Waals surface area contributed by atoms with Crippen molar-refractivity contribution in [2.24, 2.45) is 17.4 Å². The number of alkyl carbamates (subject to hydrolysis) is 1. The van der Waals surface area contributed by atoms with Gasteiger partial charge in [0.1, 0.15) is 12.6 Å². The monoisotopic (exact) mass is 436 g/mol. The first kappa shape index (κ1) is 25.7. The summed E-state index contributed by atoms with van der Waals surface area (Å²) >= 11 is 0. The van der Waals surface area contributed by atoms with Crippen LogP contribution in [0.3, 0.4) is 0 Å². The molecule has 0 radical (unpaired) electrons. The fraction of sp³-hybridized carbons (Fsp3) is 0.500.